The highest BCUT2D eigenvalue weighted by Crippen LogP contribution is 2.14. The zero-order valence-corrected chi connectivity index (χ0v) is 9.06. The second kappa shape index (κ2) is 6.50. The van der Waals surface area contributed by atoms with E-state index in [1.165, 1.54) is 24.3 Å². The molecule has 0 fully saturated rings. The Balaban J connectivity index is 2.51. The first-order chi connectivity index (χ1) is 8.49. The molecule has 0 unspecified atom stereocenters. The zero-order chi connectivity index (χ0) is 13.5. The number of primary amides is 1. The quantitative estimate of drug-likeness (QED) is 0.726. The second-order valence-corrected chi connectivity index (χ2v) is 3.09. The molecular weight excluding hydrogens is 250 g/mol. The average Bonchev–Trinajstić information content (AvgIpc) is 2.28. The van der Waals surface area contributed by atoms with Gasteiger partial charge in [-0.1, -0.05) is 0 Å². The number of benzene rings is 1. The van der Waals surface area contributed by atoms with Gasteiger partial charge >= 0.3 is 6.61 Å². The molecule has 1 aromatic carbocycles. The maximum absolute atomic E-state index is 11.9. The van der Waals surface area contributed by atoms with Crippen molar-refractivity contribution in [3.63, 3.8) is 0 Å². The molecule has 0 saturated carbocycles. The Labute approximate surface area is 101 Å². The largest absolute Gasteiger partial charge is 0.435 e. The van der Waals surface area contributed by atoms with Crippen LogP contribution >= 0.6 is 0 Å². The lowest BCUT2D eigenvalue weighted by molar-refractivity contribution is -0.124. The molecule has 0 aliphatic rings. The fourth-order valence-electron chi connectivity index (χ4n) is 1.02. The van der Waals surface area contributed by atoms with Gasteiger partial charge in [0.1, 0.15) is 5.75 Å². The van der Waals surface area contributed by atoms with Crippen molar-refractivity contribution in [3.05, 3.63) is 29.8 Å². The smallest absolute Gasteiger partial charge is 0.387 e. The standard InChI is InChI=1S/C10H10F2N2O4/c11-10(12)18-7-3-1-6(2-4-7)9(16)14-17-5-8(13)15/h1-4,10H,5H2,(H2,13,15)(H,14,16). The summed E-state index contributed by atoms with van der Waals surface area (Å²) in [5.41, 5.74) is 6.90. The van der Waals surface area contributed by atoms with E-state index in [1.54, 1.807) is 0 Å². The van der Waals surface area contributed by atoms with E-state index in [-0.39, 0.29) is 11.3 Å². The molecule has 6 nitrogen and oxygen atoms in total. The van der Waals surface area contributed by atoms with Gasteiger partial charge in [0.15, 0.2) is 6.61 Å². The van der Waals surface area contributed by atoms with Gasteiger partial charge in [0.2, 0.25) is 5.91 Å². The molecule has 0 spiro atoms. The van der Waals surface area contributed by atoms with Crippen LogP contribution in [0.15, 0.2) is 24.3 Å². The lowest BCUT2D eigenvalue weighted by Crippen LogP contribution is -2.29. The van der Waals surface area contributed by atoms with Crippen LogP contribution in [0, 0.1) is 0 Å². The molecule has 0 atom stereocenters. The Morgan fingerprint density at radius 2 is 1.89 bits per heavy atom. The number of amides is 2. The summed E-state index contributed by atoms with van der Waals surface area (Å²) < 4.78 is 27.8. The van der Waals surface area contributed by atoms with Crippen LogP contribution in [-0.4, -0.2) is 25.0 Å². The van der Waals surface area contributed by atoms with Crippen LogP contribution in [0.5, 0.6) is 5.75 Å². The fraction of sp³-hybridized carbons (Fsp3) is 0.200. The Morgan fingerprint density at radius 1 is 1.28 bits per heavy atom. The van der Waals surface area contributed by atoms with Crippen molar-refractivity contribution in [1.29, 1.82) is 0 Å². The molecular formula is C10H10F2N2O4. The molecule has 8 heteroatoms. The van der Waals surface area contributed by atoms with Crippen molar-refractivity contribution >= 4 is 11.8 Å². The Morgan fingerprint density at radius 3 is 2.39 bits per heavy atom. The van der Waals surface area contributed by atoms with Gasteiger partial charge in [-0.05, 0) is 24.3 Å². The molecule has 1 aromatic rings. The van der Waals surface area contributed by atoms with Gasteiger partial charge in [0.05, 0.1) is 0 Å². The van der Waals surface area contributed by atoms with E-state index in [4.69, 9.17) is 5.73 Å². The number of halogens is 2. The van der Waals surface area contributed by atoms with Gasteiger partial charge < -0.3 is 10.5 Å². The van der Waals surface area contributed by atoms with E-state index >= 15 is 0 Å². The van der Waals surface area contributed by atoms with Crippen molar-refractivity contribution in [1.82, 2.24) is 5.48 Å². The number of rotatable bonds is 6. The second-order valence-electron chi connectivity index (χ2n) is 3.09. The maximum atomic E-state index is 11.9. The van der Waals surface area contributed by atoms with Gasteiger partial charge in [-0.25, -0.2) is 5.48 Å². The third-order valence-electron chi connectivity index (χ3n) is 1.72. The van der Waals surface area contributed by atoms with E-state index in [2.05, 4.69) is 9.57 Å². The molecule has 2 amide bonds. The number of carbonyl (C=O) groups excluding carboxylic acids is 2. The van der Waals surface area contributed by atoms with Crippen molar-refractivity contribution < 1.29 is 27.9 Å². The van der Waals surface area contributed by atoms with Gasteiger partial charge in [-0.2, -0.15) is 8.78 Å². The number of nitrogens with two attached hydrogens (primary N) is 1. The highest BCUT2D eigenvalue weighted by Gasteiger charge is 2.08. The molecule has 0 aliphatic carbocycles. The number of carbonyl (C=O) groups is 2. The highest BCUT2D eigenvalue weighted by atomic mass is 19.3. The number of hydrogen-bond donors (Lipinski definition) is 2. The molecule has 0 saturated heterocycles. The summed E-state index contributed by atoms with van der Waals surface area (Å²) in [6.45, 7) is -3.39. The lowest BCUT2D eigenvalue weighted by Gasteiger charge is -2.06. The lowest BCUT2D eigenvalue weighted by atomic mass is 10.2. The fourth-order valence-corrected chi connectivity index (χ4v) is 1.02. The molecule has 0 aliphatic heterocycles. The van der Waals surface area contributed by atoms with Crippen LogP contribution in [0.25, 0.3) is 0 Å². The first-order valence-electron chi connectivity index (χ1n) is 4.74. The minimum atomic E-state index is -2.93. The van der Waals surface area contributed by atoms with Gasteiger partial charge in [0, 0.05) is 5.56 Å². The zero-order valence-electron chi connectivity index (χ0n) is 9.06. The average molecular weight is 260 g/mol. The van der Waals surface area contributed by atoms with Crippen molar-refractivity contribution in [3.8, 4) is 5.75 Å². The summed E-state index contributed by atoms with van der Waals surface area (Å²) in [6, 6.07) is 4.94. The Kier molecular flexibility index (Phi) is 5.00. The summed E-state index contributed by atoms with van der Waals surface area (Å²) in [4.78, 5) is 26.2. The Hall–Kier alpha value is -2.22. The van der Waals surface area contributed by atoms with Gasteiger partial charge in [-0.3, -0.25) is 14.4 Å². The highest BCUT2D eigenvalue weighted by molar-refractivity contribution is 5.93. The van der Waals surface area contributed by atoms with Crippen molar-refractivity contribution in [2.45, 2.75) is 6.61 Å². The predicted octanol–water partition coefficient (Wildman–Crippen LogP) is 0.435. The van der Waals surface area contributed by atoms with Crippen LogP contribution in [0.1, 0.15) is 10.4 Å². The molecule has 0 heterocycles. The maximum Gasteiger partial charge on any atom is 0.387 e. The summed E-state index contributed by atoms with van der Waals surface area (Å²) in [5.74, 6) is -1.45. The molecule has 18 heavy (non-hydrogen) atoms. The van der Waals surface area contributed by atoms with Crippen LogP contribution in [0.2, 0.25) is 0 Å². The van der Waals surface area contributed by atoms with E-state index in [1.807, 2.05) is 5.48 Å². The monoisotopic (exact) mass is 260 g/mol. The number of hydrogen-bond acceptors (Lipinski definition) is 4. The third kappa shape index (κ3) is 4.74. The summed E-state index contributed by atoms with van der Waals surface area (Å²) in [7, 11) is 0. The van der Waals surface area contributed by atoms with E-state index < -0.39 is 25.0 Å². The first-order valence-corrected chi connectivity index (χ1v) is 4.74. The van der Waals surface area contributed by atoms with E-state index in [0.29, 0.717) is 0 Å². The number of alkyl halides is 2. The third-order valence-corrected chi connectivity index (χ3v) is 1.72. The molecule has 0 bridgehead atoms. The minimum absolute atomic E-state index is 0.0698. The van der Waals surface area contributed by atoms with Crippen LogP contribution in [0.4, 0.5) is 8.78 Å². The van der Waals surface area contributed by atoms with Crippen LogP contribution in [-0.2, 0) is 9.63 Å². The van der Waals surface area contributed by atoms with Gasteiger partial charge in [0.25, 0.3) is 5.91 Å². The van der Waals surface area contributed by atoms with Crippen LogP contribution in [0.3, 0.4) is 0 Å². The SMILES string of the molecule is NC(=O)CONC(=O)c1ccc(OC(F)F)cc1. The molecule has 0 aromatic heterocycles. The number of ether oxygens (including phenoxy) is 1. The number of nitrogens with one attached hydrogen (secondary N) is 1. The molecule has 1 rings (SSSR count). The van der Waals surface area contributed by atoms with Crippen LogP contribution < -0.4 is 16.0 Å². The summed E-state index contributed by atoms with van der Waals surface area (Å²) in [5, 5.41) is 0. The summed E-state index contributed by atoms with van der Waals surface area (Å²) >= 11 is 0. The van der Waals surface area contributed by atoms with Crippen molar-refractivity contribution in [2.75, 3.05) is 6.61 Å². The van der Waals surface area contributed by atoms with Gasteiger partial charge in [-0.15, -0.1) is 0 Å². The van der Waals surface area contributed by atoms with E-state index in [9.17, 15) is 18.4 Å². The topological polar surface area (TPSA) is 90.7 Å². The molecule has 98 valence electrons. The molecule has 3 N–H and O–H groups in total. The summed E-state index contributed by atoms with van der Waals surface area (Å²) in [6.07, 6.45) is 0. The van der Waals surface area contributed by atoms with E-state index in [0.717, 1.165) is 0 Å². The predicted molar refractivity (Wildman–Crippen MR) is 55.7 cm³/mol. The normalized spacial score (nSPS) is 10.2. The Bertz CT molecular complexity index is 422. The first kappa shape index (κ1) is 13.8. The number of hydroxylamine groups is 1. The van der Waals surface area contributed by atoms with Crippen molar-refractivity contribution in [2.24, 2.45) is 5.73 Å². The minimum Gasteiger partial charge on any atom is -0.435 e. The molecule has 0 radical (unpaired) electrons.